The number of amides is 1. The van der Waals surface area contributed by atoms with Crippen molar-refractivity contribution in [1.82, 2.24) is 4.98 Å². The van der Waals surface area contributed by atoms with Crippen molar-refractivity contribution in [2.75, 3.05) is 5.32 Å². The van der Waals surface area contributed by atoms with E-state index in [2.05, 4.69) is 15.3 Å². The monoisotopic (exact) mass is 443 g/mol. The van der Waals surface area contributed by atoms with Crippen LogP contribution in [-0.2, 0) is 10.3 Å². The number of hydrogen-bond donors (Lipinski definition) is 2. The first kappa shape index (κ1) is 21.6. The largest absolute Gasteiger partial charge is 0.461 e. The Labute approximate surface area is 182 Å². The van der Waals surface area contributed by atoms with Crippen LogP contribution in [0.4, 0.5) is 18.9 Å². The van der Waals surface area contributed by atoms with Crippen LogP contribution in [0.15, 0.2) is 41.5 Å². The number of fused-ring (bicyclic) bond motifs is 1. The van der Waals surface area contributed by atoms with Gasteiger partial charge < -0.3 is 15.8 Å². The fraction of sp³-hybridized carbons (Fsp3) is 0.364. The molecule has 3 atom stereocenters. The number of carbonyl (C=O) groups is 1. The summed E-state index contributed by atoms with van der Waals surface area (Å²) < 4.78 is 50.2. The number of nitrogens with one attached hydrogen (secondary N) is 1. The third-order valence-electron chi connectivity index (χ3n) is 5.94. The van der Waals surface area contributed by atoms with Crippen LogP contribution in [0.1, 0.15) is 47.8 Å². The van der Waals surface area contributed by atoms with Crippen LogP contribution in [0.3, 0.4) is 0 Å². The van der Waals surface area contributed by atoms with Gasteiger partial charge in [0.25, 0.3) is 17.9 Å². The van der Waals surface area contributed by atoms with Gasteiger partial charge in [0.05, 0.1) is 11.5 Å². The average molecular weight is 443 g/mol. The van der Waals surface area contributed by atoms with Crippen LogP contribution in [0.5, 0.6) is 0 Å². The van der Waals surface area contributed by atoms with Gasteiger partial charge in [-0.3, -0.25) is 4.79 Å². The zero-order valence-corrected chi connectivity index (χ0v) is 17.1. The van der Waals surface area contributed by atoms with E-state index in [0.717, 1.165) is 6.07 Å². The van der Waals surface area contributed by atoms with Gasteiger partial charge >= 0.3 is 0 Å². The molecule has 1 amide bonds. The fourth-order valence-corrected chi connectivity index (χ4v) is 4.52. The summed E-state index contributed by atoms with van der Waals surface area (Å²) in [6.45, 7) is 1.41. The Balaban J connectivity index is 1.70. The molecule has 1 fully saturated rings. The fourth-order valence-electron chi connectivity index (χ4n) is 4.52. The molecule has 2 aromatic rings. The van der Waals surface area contributed by atoms with Gasteiger partial charge in [-0.15, -0.1) is 0 Å². The molecule has 0 bridgehead atoms. The van der Waals surface area contributed by atoms with Crippen LogP contribution < -0.4 is 11.1 Å². The molecule has 0 saturated heterocycles. The number of pyridine rings is 1. The number of carbonyl (C=O) groups excluding carboxylic acids is 1. The number of anilines is 1. The highest BCUT2D eigenvalue weighted by atomic mass is 19.3. The Hall–Kier alpha value is -3.61. The zero-order chi connectivity index (χ0) is 23.1. The quantitative estimate of drug-likeness (QED) is 0.751. The van der Waals surface area contributed by atoms with Crippen LogP contribution >= 0.6 is 0 Å². The number of rotatable bonds is 3. The van der Waals surface area contributed by atoms with Crippen molar-refractivity contribution in [2.45, 2.75) is 43.8 Å². The molecule has 1 aromatic heterocycles. The molecule has 7 nitrogen and oxygen atoms in total. The average Bonchev–Trinajstić information content (AvgIpc) is 2.74. The molecule has 166 valence electrons. The van der Waals surface area contributed by atoms with Crippen molar-refractivity contribution >= 4 is 17.6 Å². The van der Waals surface area contributed by atoms with Gasteiger partial charge in [-0.2, -0.15) is 5.26 Å². The van der Waals surface area contributed by atoms with Crippen LogP contribution in [0.25, 0.3) is 0 Å². The molecule has 2 heterocycles. The van der Waals surface area contributed by atoms with E-state index in [1.165, 1.54) is 37.4 Å². The van der Waals surface area contributed by atoms with Gasteiger partial charge in [0, 0.05) is 23.9 Å². The van der Waals surface area contributed by atoms with E-state index < -0.39 is 35.2 Å². The van der Waals surface area contributed by atoms with Crippen LogP contribution in [0.2, 0.25) is 0 Å². The normalized spacial score (nSPS) is 26.2. The molecule has 0 spiro atoms. The van der Waals surface area contributed by atoms with Gasteiger partial charge in [-0.1, -0.05) is 0 Å². The standard InChI is InChI=1S/C22H20F3N5O2/c1-21(18-17(32-20(27)30-21)3-2-8-22(18,24)25)14-9-13(5-6-15(14)23)29-19(31)16-7-4-12(10-26)11-28-16/h4-7,9,11,17-18H,2-3,8H2,1H3,(H2,27,30)(H,29,31)/t17-,18+,21-/m1/s1. The van der Waals surface area contributed by atoms with Gasteiger partial charge in [0.1, 0.15) is 29.2 Å². The number of aliphatic imine (C=N–C) groups is 1. The number of nitriles is 1. The molecule has 1 aromatic carbocycles. The van der Waals surface area contributed by atoms with Crippen molar-refractivity contribution < 1.29 is 22.7 Å². The van der Waals surface area contributed by atoms with Crippen molar-refractivity contribution in [2.24, 2.45) is 16.6 Å². The Bertz CT molecular complexity index is 1130. The number of halogens is 3. The Kier molecular flexibility index (Phi) is 5.28. The summed E-state index contributed by atoms with van der Waals surface area (Å²) in [5.74, 6) is -5.91. The number of ether oxygens (including phenoxy) is 1. The molecule has 1 aliphatic heterocycles. The summed E-state index contributed by atoms with van der Waals surface area (Å²) in [6.07, 6.45) is 0.603. The summed E-state index contributed by atoms with van der Waals surface area (Å²) in [7, 11) is 0. The lowest BCUT2D eigenvalue weighted by Gasteiger charge is -2.48. The maximum atomic E-state index is 15.0. The van der Waals surface area contributed by atoms with E-state index in [9.17, 15) is 18.0 Å². The highest BCUT2D eigenvalue weighted by molar-refractivity contribution is 6.02. The van der Waals surface area contributed by atoms with Crippen molar-refractivity contribution in [3.63, 3.8) is 0 Å². The molecule has 0 radical (unpaired) electrons. The summed E-state index contributed by atoms with van der Waals surface area (Å²) in [6, 6.07) is 8.10. The summed E-state index contributed by atoms with van der Waals surface area (Å²) >= 11 is 0. The van der Waals surface area contributed by atoms with E-state index in [1.54, 1.807) is 0 Å². The smallest absolute Gasteiger partial charge is 0.283 e. The molecule has 2 aliphatic rings. The Morgan fingerprint density at radius 1 is 1.34 bits per heavy atom. The molecule has 3 N–H and O–H groups in total. The van der Waals surface area contributed by atoms with Gasteiger partial charge in [-0.05, 0) is 50.1 Å². The predicted molar refractivity (Wildman–Crippen MR) is 109 cm³/mol. The lowest BCUT2D eigenvalue weighted by molar-refractivity contribution is -0.163. The highest BCUT2D eigenvalue weighted by Gasteiger charge is 2.60. The van der Waals surface area contributed by atoms with Crippen molar-refractivity contribution in [3.05, 3.63) is 59.2 Å². The molecule has 1 aliphatic carbocycles. The van der Waals surface area contributed by atoms with E-state index in [0.29, 0.717) is 6.42 Å². The second kappa shape index (κ2) is 7.82. The van der Waals surface area contributed by atoms with Crippen LogP contribution in [0, 0.1) is 23.1 Å². The lowest BCUT2D eigenvalue weighted by Crippen LogP contribution is -2.57. The molecular formula is C22H20F3N5O2. The summed E-state index contributed by atoms with van der Waals surface area (Å²) in [4.78, 5) is 20.5. The van der Waals surface area contributed by atoms with E-state index >= 15 is 0 Å². The molecule has 10 heteroatoms. The number of nitrogens with two attached hydrogens (primary N) is 1. The molecule has 0 unspecified atom stereocenters. The zero-order valence-electron chi connectivity index (χ0n) is 17.1. The van der Waals surface area contributed by atoms with Crippen molar-refractivity contribution in [3.8, 4) is 6.07 Å². The Morgan fingerprint density at radius 3 is 2.81 bits per heavy atom. The highest BCUT2D eigenvalue weighted by Crippen LogP contribution is 2.53. The second-order valence-corrected chi connectivity index (χ2v) is 8.08. The first-order chi connectivity index (χ1) is 15.1. The molecule has 4 rings (SSSR count). The van der Waals surface area contributed by atoms with Gasteiger partial charge in [0.2, 0.25) is 0 Å². The maximum absolute atomic E-state index is 15.0. The van der Waals surface area contributed by atoms with E-state index in [-0.39, 0.29) is 41.4 Å². The minimum atomic E-state index is -3.14. The number of benzene rings is 1. The number of nitrogens with zero attached hydrogens (tertiary/aromatic N) is 3. The van der Waals surface area contributed by atoms with E-state index in [1.807, 2.05) is 6.07 Å². The number of alkyl halides is 2. The Morgan fingerprint density at radius 2 is 2.12 bits per heavy atom. The molecular weight excluding hydrogens is 423 g/mol. The molecule has 1 saturated carbocycles. The lowest BCUT2D eigenvalue weighted by atomic mass is 9.68. The third-order valence-corrected chi connectivity index (χ3v) is 5.94. The number of hydrogen-bond acceptors (Lipinski definition) is 6. The first-order valence-corrected chi connectivity index (χ1v) is 10.0. The maximum Gasteiger partial charge on any atom is 0.283 e. The number of aromatic nitrogens is 1. The summed E-state index contributed by atoms with van der Waals surface area (Å²) in [5, 5.41) is 11.4. The third kappa shape index (κ3) is 3.75. The molecule has 32 heavy (non-hydrogen) atoms. The van der Waals surface area contributed by atoms with E-state index in [4.69, 9.17) is 15.7 Å². The second-order valence-electron chi connectivity index (χ2n) is 8.08. The SMILES string of the molecule is C[C@]1(c2cc(NC(=O)c3ccc(C#N)cn3)ccc2F)N=C(N)O[C@@H]2CCCC(F)(F)[C@@H]21. The van der Waals surface area contributed by atoms with Crippen LogP contribution in [-0.4, -0.2) is 28.9 Å². The first-order valence-electron chi connectivity index (χ1n) is 10.0. The minimum absolute atomic E-state index is 0.0355. The van der Waals surface area contributed by atoms with Gasteiger partial charge in [0.15, 0.2) is 0 Å². The number of amidine groups is 1. The summed E-state index contributed by atoms with van der Waals surface area (Å²) in [5.41, 5.74) is 4.45. The van der Waals surface area contributed by atoms with Gasteiger partial charge in [-0.25, -0.2) is 23.1 Å². The topological polar surface area (TPSA) is 113 Å². The minimum Gasteiger partial charge on any atom is -0.461 e. The van der Waals surface area contributed by atoms with Crippen molar-refractivity contribution in [1.29, 1.82) is 5.26 Å². The predicted octanol–water partition coefficient (Wildman–Crippen LogP) is 3.71.